The van der Waals surface area contributed by atoms with Crippen LogP contribution in [-0.2, 0) is 7.05 Å². The number of aryl methyl sites for hydroxylation is 1. The molecule has 0 saturated heterocycles. The minimum absolute atomic E-state index is 0.154. The Morgan fingerprint density at radius 2 is 2.19 bits per heavy atom. The van der Waals surface area contributed by atoms with Crippen molar-refractivity contribution in [1.29, 1.82) is 0 Å². The van der Waals surface area contributed by atoms with Gasteiger partial charge in [0, 0.05) is 18.7 Å². The van der Waals surface area contributed by atoms with Gasteiger partial charge in [-0.05, 0) is 12.1 Å². The fourth-order valence-corrected chi connectivity index (χ4v) is 1.66. The number of benzene rings is 1. The van der Waals surface area contributed by atoms with Crippen LogP contribution < -0.4 is 10.5 Å². The van der Waals surface area contributed by atoms with Crippen molar-refractivity contribution in [3.63, 3.8) is 0 Å². The number of phenols is 1. The molecule has 0 fully saturated rings. The zero-order chi connectivity index (χ0) is 11.7. The van der Waals surface area contributed by atoms with Crippen molar-refractivity contribution >= 4 is 5.69 Å². The summed E-state index contributed by atoms with van der Waals surface area (Å²) in [5.41, 5.74) is 7.99. The number of aromatic hydroxyl groups is 1. The largest absolute Gasteiger partial charge is 0.508 e. The zero-order valence-electron chi connectivity index (χ0n) is 9.14. The molecule has 0 spiro atoms. The summed E-state index contributed by atoms with van der Waals surface area (Å²) in [6.45, 7) is 0. The number of nitrogens with two attached hydrogens (primary N) is 1. The van der Waals surface area contributed by atoms with Crippen LogP contribution in [0.1, 0.15) is 0 Å². The molecule has 0 bridgehead atoms. The molecule has 3 N–H and O–H groups in total. The monoisotopic (exact) mass is 219 g/mol. The zero-order valence-corrected chi connectivity index (χ0v) is 9.14. The van der Waals surface area contributed by atoms with Gasteiger partial charge in [-0.25, -0.2) is 0 Å². The molecule has 1 aromatic carbocycles. The van der Waals surface area contributed by atoms with Crippen LogP contribution in [0.2, 0.25) is 0 Å². The van der Waals surface area contributed by atoms with Crippen LogP contribution in [-0.4, -0.2) is 22.0 Å². The number of nitrogens with zero attached hydrogens (tertiary/aromatic N) is 2. The van der Waals surface area contributed by atoms with Gasteiger partial charge in [-0.1, -0.05) is 0 Å². The second-order valence-corrected chi connectivity index (χ2v) is 3.46. The number of aromatic nitrogens is 2. The molecular weight excluding hydrogens is 206 g/mol. The normalized spacial score (nSPS) is 10.4. The molecule has 1 aromatic heterocycles. The van der Waals surface area contributed by atoms with Gasteiger partial charge in [0.05, 0.1) is 24.7 Å². The quantitative estimate of drug-likeness (QED) is 0.800. The fraction of sp³-hybridized carbons (Fsp3) is 0.182. The van der Waals surface area contributed by atoms with E-state index in [0.717, 1.165) is 11.3 Å². The van der Waals surface area contributed by atoms with Crippen LogP contribution in [0.25, 0.3) is 11.3 Å². The topological polar surface area (TPSA) is 73.3 Å². The summed E-state index contributed by atoms with van der Waals surface area (Å²) in [5.74, 6) is 0.719. The molecule has 0 atom stereocenters. The first-order valence-corrected chi connectivity index (χ1v) is 4.78. The molecule has 84 valence electrons. The van der Waals surface area contributed by atoms with E-state index in [-0.39, 0.29) is 5.75 Å². The number of rotatable bonds is 2. The molecule has 0 aliphatic rings. The third kappa shape index (κ3) is 1.56. The van der Waals surface area contributed by atoms with Crippen molar-refractivity contribution in [2.75, 3.05) is 12.8 Å². The highest BCUT2D eigenvalue weighted by Crippen LogP contribution is 2.35. The molecule has 0 aliphatic heterocycles. The van der Waals surface area contributed by atoms with Crippen LogP contribution >= 0.6 is 0 Å². The Morgan fingerprint density at radius 1 is 1.44 bits per heavy atom. The smallest absolute Gasteiger partial charge is 0.132 e. The van der Waals surface area contributed by atoms with E-state index in [1.54, 1.807) is 43.2 Å². The predicted octanol–water partition coefficient (Wildman–Crippen LogP) is 1.38. The molecule has 2 rings (SSSR count). The third-order valence-corrected chi connectivity index (χ3v) is 2.41. The summed E-state index contributed by atoms with van der Waals surface area (Å²) < 4.78 is 6.87. The Balaban J connectivity index is 2.64. The maximum atomic E-state index is 9.37. The Kier molecular flexibility index (Phi) is 2.44. The van der Waals surface area contributed by atoms with Gasteiger partial charge < -0.3 is 15.6 Å². The van der Waals surface area contributed by atoms with Gasteiger partial charge in [0.1, 0.15) is 11.5 Å². The van der Waals surface area contributed by atoms with Crippen molar-refractivity contribution < 1.29 is 9.84 Å². The molecule has 0 saturated carbocycles. The van der Waals surface area contributed by atoms with E-state index in [1.165, 1.54) is 0 Å². The van der Waals surface area contributed by atoms with E-state index in [9.17, 15) is 5.11 Å². The molecule has 0 unspecified atom stereocenters. The van der Waals surface area contributed by atoms with Gasteiger partial charge in [0.25, 0.3) is 0 Å². The second kappa shape index (κ2) is 3.77. The van der Waals surface area contributed by atoms with Gasteiger partial charge >= 0.3 is 0 Å². The summed E-state index contributed by atoms with van der Waals surface area (Å²) in [4.78, 5) is 0. The fourth-order valence-electron chi connectivity index (χ4n) is 1.66. The van der Waals surface area contributed by atoms with Crippen LogP contribution in [0.4, 0.5) is 5.69 Å². The molecule has 5 heteroatoms. The molecule has 0 amide bonds. The minimum atomic E-state index is 0.154. The standard InChI is InChI=1S/C11H13N3O2/c1-14-11(9(12)6-13-14)8-4-3-7(15)5-10(8)16-2/h3-6,15H,12H2,1-2H3. The van der Waals surface area contributed by atoms with Crippen LogP contribution in [0.15, 0.2) is 24.4 Å². The lowest BCUT2D eigenvalue weighted by Gasteiger charge is -2.10. The number of hydrogen-bond donors (Lipinski definition) is 2. The average molecular weight is 219 g/mol. The molecule has 5 nitrogen and oxygen atoms in total. The summed E-state index contributed by atoms with van der Waals surface area (Å²) in [6.07, 6.45) is 1.58. The second-order valence-electron chi connectivity index (χ2n) is 3.46. The van der Waals surface area contributed by atoms with E-state index < -0.39 is 0 Å². The lowest BCUT2D eigenvalue weighted by atomic mass is 10.1. The highest BCUT2D eigenvalue weighted by molar-refractivity contribution is 5.77. The summed E-state index contributed by atoms with van der Waals surface area (Å²) in [7, 11) is 3.35. The van der Waals surface area contributed by atoms with Crippen molar-refractivity contribution in [3.05, 3.63) is 24.4 Å². The number of ether oxygens (including phenoxy) is 1. The van der Waals surface area contributed by atoms with E-state index >= 15 is 0 Å². The van der Waals surface area contributed by atoms with Crippen molar-refractivity contribution in [3.8, 4) is 22.8 Å². The van der Waals surface area contributed by atoms with E-state index in [4.69, 9.17) is 10.5 Å². The van der Waals surface area contributed by atoms with Crippen LogP contribution in [0.5, 0.6) is 11.5 Å². The summed E-state index contributed by atoms with van der Waals surface area (Å²) in [6, 6.07) is 4.88. The minimum Gasteiger partial charge on any atom is -0.508 e. The Bertz CT molecular complexity index is 500. The molecule has 2 aromatic rings. The molecule has 0 aliphatic carbocycles. The average Bonchev–Trinajstić information content (AvgIpc) is 2.59. The number of phenolic OH excluding ortho intramolecular Hbond substituents is 1. The van der Waals surface area contributed by atoms with E-state index in [1.807, 2.05) is 0 Å². The predicted molar refractivity (Wildman–Crippen MR) is 61.3 cm³/mol. The Labute approximate surface area is 93.1 Å². The molecular formula is C11H13N3O2. The van der Waals surface area contributed by atoms with Gasteiger partial charge in [0.15, 0.2) is 0 Å². The molecule has 1 heterocycles. The molecule has 16 heavy (non-hydrogen) atoms. The van der Waals surface area contributed by atoms with Crippen molar-refractivity contribution in [2.24, 2.45) is 7.05 Å². The number of nitrogen functional groups attached to an aromatic ring is 1. The first kappa shape index (κ1) is 10.4. The lowest BCUT2D eigenvalue weighted by Crippen LogP contribution is -1.98. The van der Waals surface area contributed by atoms with E-state index in [0.29, 0.717) is 11.4 Å². The van der Waals surface area contributed by atoms with Crippen LogP contribution in [0, 0.1) is 0 Å². The third-order valence-electron chi connectivity index (χ3n) is 2.41. The van der Waals surface area contributed by atoms with Gasteiger partial charge in [-0.15, -0.1) is 0 Å². The maximum absolute atomic E-state index is 9.37. The summed E-state index contributed by atoms with van der Waals surface area (Å²) >= 11 is 0. The maximum Gasteiger partial charge on any atom is 0.132 e. The first-order chi connectivity index (χ1) is 7.63. The van der Waals surface area contributed by atoms with Gasteiger partial charge in [0.2, 0.25) is 0 Å². The van der Waals surface area contributed by atoms with Crippen molar-refractivity contribution in [1.82, 2.24) is 9.78 Å². The van der Waals surface area contributed by atoms with Crippen LogP contribution in [0.3, 0.4) is 0 Å². The Hall–Kier alpha value is -2.17. The highest BCUT2D eigenvalue weighted by Gasteiger charge is 2.13. The van der Waals surface area contributed by atoms with E-state index in [2.05, 4.69) is 5.10 Å². The summed E-state index contributed by atoms with van der Waals surface area (Å²) in [5, 5.41) is 13.4. The highest BCUT2D eigenvalue weighted by atomic mass is 16.5. The Morgan fingerprint density at radius 3 is 2.75 bits per heavy atom. The SMILES string of the molecule is COc1cc(O)ccc1-c1c(N)cnn1C. The lowest BCUT2D eigenvalue weighted by molar-refractivity contribution is 0.409. The number of hydrogen-bond acceptors (Lipinski definition) is 4. The first-order valence-electron chi connectivity index (χ1n) is 4.78. The molecule has 0 radical (unpaired) electrons. The van der Waals surface area contributed by atoms with Gasteiger partial charge in [-0.2, -0.15) is 5.10 Å². The number of anilines is 1. The number of methoxy groups -OCH3 is 1. The van der Waals surface area contributed by atoms with Crippen molar-refractivity contribution in [2.45, 2.75) is 0 Å². The van der Waals surface area contributed by atoms with Gasteiger partial charge in [-0.3, -0.25) is 4.68 Å².